The van der Waals surface area contributed by atoms with E-state index in [4.69, 9.17) is 4.74 Å². The molecule has 7 nitrogen and oxygen atoms in total. The van der Waals surface area contributed by atoms with Crippen molar-refractivity contribution in [3.8, 4) is 11.8 Å². The van der Waals surface area contributed by atoms with Crippen LogP contribution in [0.5, 0.6) is 5.75 Å². The van der Waals surface area contributed by atoms with Crippen LogP contribution in [0, 0.1) is 17.2 Å². The zero-order valence-corrected chi connectivity index (χ0v) is 17.2. The van der Waals surface area contributed by atoms with Gasteiger partial charge >= 0.3 is 0 Å². The van der Waals surface area contributed by atoms with Gasteiger partial charge in [0, 0.05) is 12.7 Å². The summed E-state index contributed by atoms with van der Waals surface area (Å²) < 4.78 is 5.10. The first-order valence-corrected chi connectivity index (χ1v) is 9.73. The third-order valence-electron chi connectivity index (χ3n) is 5.61. The van der Waals surface area contributed by atoms with Gasteiger partial charge in [0.25, 0.3) is 11.8 Å². The fourth-order valence-electron chi connectivity index (χ4n) is 3.59. The maximum atomic E-state index is 12.7. The van der Waals surface area contributed by atoms with Crippen LogP contribution in [0.4, 0.5) is 5.69 Å². The Morgan fingerprint density at radius 1 is 1.29 bits per heavy atom. The summed E-state index contributed by atoms with van der Waals surface area (Å²) in [5.41, 5.74) is -0.0308. The van der Waals surface area contributed by atoms with Crippen LogP contribution in [0.15, 0.2) is 24.3 Å². The van der Waals surface area contributed by atoms with Gasteiger partial charge < -0.3 is 19.9 Å². The minimum atomic E-state index is -0.713. The lowest BCUT2D eigenvalue weighted by Crippen LogP contribution is -3.11. The second kappa shape index (κ2) is 9.56. The first-order valence-electron chi connectivity index (χ1n) is 9.73. The number of hydrogen-bond donors (Lipinski definition) is 2. The van der Waals surface area contributed by atoms with Gasteiger partial charge in [0.1, 0.15) is 11.3 Å². The van der Waals surface area contributed by atoms with E-state index in [0.29, 0.717) is 24.4 Å². The predicted octanol–water partition coefficient (Wildman–Crippen LogP) is 1.08. The number of quaternary nitrogens is 1. The van der Waals surface area contributed by atoms with Crippen molar-refractivity contribution >= 4 is 17.5 Å². The van der Waals surface area contributed by atoms with Gasteiger partial charge in [0.2, 0.25) is 0 Å². The van der Waals surface area contributed by atoms with Gasteiger partial charge in [-0.1, -0.05) is 6.92 Å². The summed E-state index contributed by atoms with van der Waals surface area (Å²) in [5.74, 6) is 1.04. The standard InChI is InChI=1S/C21H30N4O3/c1-16-9-11-21(15-22,12-10-16)25(3)20(27)14-24(2)13-19(26)23-17-5-7-18(28-4)8-6-17/h5-8,16H,9-14H2,1-4H3,(H,23,26)/p+1. The average molecular weight is 388 g/mol. The minimum absolute atomic E-state index is 0.106. The molecule has 1 aliphatic carbocycles. The summed E-state index contributed by atoms with van der Waals surface area (Å²) in [6.07, 6.45) is 3.34. The molecule has 152 valence electrons. The van der Waals surface area contributed by atoms with Crippen LogP contribution in [-0.2, 0) is 9.59 Å². The number of hydrogen-bond acceptors (Lipinski definition) is 4. The summed E-state index contributed by atoms with van der Waals surface area (Å²) >= 11 is 0. The molecule has 1 aromatic carbocycles. The molecular weight excluding hydrogens is 356 g/mol. The summed E-state index contributed by atoms with van der Waals surface area (Å²) in [6, 6.07) is 9.47. The largest absolute Gasteiger partial charge is 0.497 e. The number of nitrogens with one attached hydrogen (secondary N) is 2. The lowest BCUT2D eigenvalue weighted by molar-refractivity contribution is -0.862. The molecule has 0 radical (unpaired) electrons. The second-order valence-electron chi connectivity index (χ2n) is 7.87. The van der Waals surface area contributed by atoms with E-state index in [1.165, 1.54) is 0 Å². The van der Waals surface area contributed by atoms with E-state index < -0.39 is 5.54 Å². The van der Waals surface area contributed by atoms with Crippen LogP contribution in [0.2, 0.25) is 0 Å². The Hall–Kier alpha value is -2.59. The van der Waals surface area contributed by atoms with Crippen LogP contribution < -0.4 is 15.0 Å². The highest BCUT2D eigenvalue weighted by Crippen LogP contribution is 2.35. The van der Waals surface area contributed by atoms with Gasteiger partial charge in [-0.3, -0.25) is 9.59 Å². The maximum Gasteiger partial charge on any atom is 0.279 e. The lowest BCUT2D eigenvalue weighted by atomic mass is 9.77. The number of amides is 2. The zero-order valence-electron chi connectivity index (χ0n) is 17.2. The molecule has 1 aliphatic rings. The highest BCUT2D eigenvalue weighted by atomic mass is 16.5. The Morgan fingerprint density at radius 3 is 2.43 bits per heavy atom. The van der Waals surface area contributed by atoms with Crippen molar-refractivity contribution in [3.05, 3.63) is 24.3 Å². The van der Waals surface area contributed by atoms with Crippen molar-refractivity contribution in [1.82, 2.24) is 4.90 Å². The molecule has 1 saturated carbocycles. The van der Waals surface area contributed by atoms with E-state index in [9.17, 15) is 14.9 Å². The molecule has 1 fully saturated rings. The third-order valence-corrected chi connectivity index (χ3v) is 5.61. The lowest BCUT2D eigenvalue weighted by Gasteiger charge is -2.40. The fraction of sp³-hybridized carbons (Fsp3) is 0.571. The molecule has 0 heterocycles. The average Bonchev–Trinajstić information content (AvgIpc) is 2.68. The third kappa shape index (κ3) is 5.46. The number of rotatable bonds is 7. The number of methoxy groups -OCH3 is 1. The first kappa shape index (κ1) is 21.7. The van der Waals surface area contributed by atoms with Gasteiger partial charge in [-0.2, -0.15) is 5.26 Å². The molecule has 2 N–H and O–H groups in total. The molecular formula is C21H31N4O3+. The van der Waals surface area contributed by atoms with E-state index in [1.54, 1.807) is 50.4 Å². The monoisotopic (exact) mass is 387 g/mol. The topological polar surface area (TPSA) is 86.9 Å². The zero-order chi connectivity index (χ0) is 20.7. The van der Waals surface area contributed by atoms with Crippen molar-refractivity contribution in [2.24, 2.45) is 5.92 Å². The Morgan fingerprint density at radius 2 is 1.89 bits per heavy atom. The van der Waals surface area contributed by atoms with Gasteiger partial charge in [-0.15, -0.1) is 0 Å². The molecule has 7 heteroatoms. The fourth-order valence-corrected chi connectivity index (χ4v) is 3.59. The SMILES string of the molecule is COc1ccc(NC(=O)C[NH+](C)CC(=O)N(C)C2(C#N)CCC(C)CC2)cc1. The van der Waals surface area contributed by atoms with Crippen molar-refractivity contribution < 1.29 is 19.2 Å². The van der Waals surface area contributed by atoms with Crippen molar-refractivity contribution in [2.75, 3.05) is 39.6 Å². The van der Waals surface area contributed by atoms with Crippen LogP contribution in [-0.4, -0.2) is 56.5 Å². The quantitative estimate of drug-likeness (QED) is 0.733. The second-order valence-corrected chi connectivity index (χ2v) is 7.87. The van der Waals surface area contributed by atoms with Crippen molar-refractivity contribution in [1.29, 1.82) is 5.26 Å². The first-order chi connectivity index (χ1) is 13.3. The van der Waals surface area contributed by atoms with E-state index >= 15 is 0 Å². The number of carbonyl (C=O) groups excluding carboxylic acids is 2. The molecule has 0 saturated heterocycles. The number of nitriles is 1. The highest BCUT2D eigenvalue weighted by molar-refractivity contribution is 5.91. The number of ether oxygens (including phenoxy) is 1. The van der Waals surface area contributed by atoms with Crippen molar-refractivity contribution in [2.45, 2.75) is 38.1 Å². The van der Waals surface area contributed by atoms with E-state index in [1.807, 2.05) is 0 Å². The number of anilines is 1. The summed E-state index contributed by atoms with van der Waals surface area (Å²) in [5, 5.41) is 12.5. The van der Waals surface area contributed by atoms with Crippen LogP contribution in [0.25, 0.3) is 0 Å². The molecule has 1 unspecified atom stereocenters. The van der Waals surface area contributed by atoms with Crippen LogP contribution in [0.3, 0.4) is 0 Å². The summed E-state index contributed by atoms with van der Waals surface area (Å²) in [6.45, 7) is 2.52. The maximum absolute atomic E-state index is 12.7. The molecule has 0 bridgehead atoms. The summed E-state index contributed by atoms with van der Waals surface area (Å²) in [7, 11) is 5.11. The van der Waals surface area contributed by atoms with Crippen molar-refractivity contribution in [3.63, 3.8) is 0 Å². The number of benzene rings is 1. The van der Waals surface area contributed by atoms with E-state index in [0.717, 1.165) is 23.5 Å². The van der Waals surface area contributed by atoms with E-state index in [2.05, 4.69) is 18.3 Å². The van der Waals surface area contributed by atoms with Gasteiger partial charge in [-0.25, -0.2) is 0 Å². The number of carbonyl (C=O) groups is 2. The molecule has 1 atom stereocenters. The minimum Gasteiger partial charge on any atom is -0.497 e. The Balaban J connectivity index is 1.86. The normalized spacial score (nSPS) is 22.6. The Bertz CT molecular complexity index is 718. The van der Waals surface area contributed by atoms with Gasteiger partial charge in [-0.05, 0) is 55.9 Å². The molecule has 2 rings (SSSR count). The Kier molecular flexibility index (Phi) is 7.41. The highest BCUT2D eigenvalue weighted by Gasteiger charge is 2.41. The predicted molar refractivity (Wildman–Crippen MR) is 107 cm³/mol. The van der Waals surface area contributed by atoms with Crippen LogP contribution >= 0.6 is 0 Å². The van der Waals surface area contributed by atoms with E-state index in [-0.39, 0.29) is 24.9 Å². The Labute approximate surface area is 167 Å². The molecule has 1 aromatic rings. The smallest absolute Gasteiger partial charge is 0.279 e. The molecule has 28 heavy (non-hydrogen) atoms. The molecule has 0 aromatic heterocycles. The number of likely N-dealkylation sites (N-methyl/N-ethyl adjacent to an activating group) is 2. The van der Waals surface area contributed by atoms with Gasteiger partial charge in [0.05, 0.1) is 20.2 Å². The van der Waals surface area contributed by atoms with Gasteiger partial charge in [0.15, 0.2) is 13.1 Å². The molecule has 2 amide bonds. The molecule has 0 spiro atoms. The summed E-state index contributed by atoms with van der Waals surface area (Å²) in [4.78, 5) is 27.3. The molecule has 0 aliphatic heterocycles. The van der Waals surface area contributed by atoms with Crippen LogP contribution in [0.1, 0.15) is 32.6 Å². The number of nitrogens with zero attached hydrogens (tertiary/aromatic N) is 2.